The highest BCUT2D eigenvalue weighted by Gasteiger charge is 2.28. The van der Waals surface area contributed by atoms with E-state index in [1.54, 1.807) is 7.11 Å². The fourth-order valence-electron chi connectivity index (χ4n) is 2.78. The van der Waals surface area contributed by atoms with Crippen LogP contribution in [0, 0.1) is 0 Å². The lowest BCUT2D eigenvalue weighted by Crippen LogP contribution is -2.56. The average Bonchev–Trinajstić information content (AvgIpc) is 2.55. The highest BCUT2D eigenvalue weighted by molar-refractivity contribution is 5.82. The number of carbonyl (C=O) groups excluding carboxylic acids is 1. The van der Waals surface area contributed by atoms with Crippen LogP contribution in [0.4, 0.5) is 0 Å². The van der Waals surface area contributed by atoms with Crippen molar-refractivity contribution in [3.8, 4) is 5.75 Å². The molecule has 1 aromatic rings. The van der Waals surface area contributed by atoms with Crippen molar-refractivity contribution in [2.45, 2.75) is 25.1 Å². The Hall–Kier alpha value is -1.63. The second kappa shape index (κ2) is 8.29. The fourth-order valence-corrected chi connectivity index (χ4v) is 2.78. The van der Waals surface area contributed by atoms with Crippen molar-refractivity contribution < 1.29 is 14.3 Å². The first kappa shape index (κ1) is 17.7. The molecule has 1 fully saturated rings. The van der Waals surface area contributed by atoms with E-state index in [9.17, 15) is 4.79 Å². The minimum atomic E-state index is -0.295. The molecule has 0 spiro atoms. The van der Waals surface area contributed by atoms with E-state index in [0.717, 1.165) is 11.3 Å². The van der Waals surface area contributed by atoms with E-state index < -0.39 is 0 Å². The number of carbonyl (C=O) groups is 1. The Labute approximate surface area is 138 Å². The Morgan fingerprint density at radius 3 is 2.96 bits per heavy atom. The molecule has 0 radical (unpaired) electrons. The SMILES string of the molecule is COc1cccc(C(CNC(=O)[C@H]2NCCO[C@@H]2C)N(C)C)c1. The minimum Gasteiger partial charge on any atom is -0.497 e. The van der Waals surface area contributed by atoms with Gasteiger partial charge in [-0.3, -0.25) is 4.79 Å². The highest BCUT2D eigenvalue weighted by atomic mass is 16.5. The maximum atomic E-state index is 12.4. The standard InChI is InChI=1S/C17H27N3O3/c1-12-16(18-8-9-23-12)17(21)19-11-15(20(2)3)13-6-5-7-14(10-13)22-4/h5-7,10,12,15-16,18H,8-9,11H2,1-4H3,(H,19,21)/t12-,15?,16+/m1/s1. The topological polar surface area (TPSA) is 62.8 Å². The van der Waals surface area contributed by atoms with Gasteiger partial charge in [0, 0.05) is 13.1 Å². The summed E-state index contributed by atoms with van der Waals surface area (Å²) >= 11 is 0. The number of methoxy groups -OCH3 is 1. The monoisotopic (exact) mass is 321 g/mol. The summed E-state index contributed by atoms with van der Waals surface area (Å²) in [6, 6.07) is 7.71. The normalized spacial score (nSPS) is 22.7. The van der Waals surface area contributed by atoms with Gasteiger partial charge in [-0.1, -0.05) is 12.1 Å². The molecule has 1 aromatic carbocycles. The zero-order valence-electron chi connectivity index (χ0n) is 14.3. The van der Waals surface area contributed by atoms with E-state index in [4.69, 9.17) is 9.47 Å². The van der Waals surface area contributed by atoms with Crippen LogP contribution < -0.4 is 15.4 Å². The summed E-state index contributed by atoms with van der Waals surface area (Å²) < 4.78 is 10.8. The number of nitrogens with one attached hydrogen (secondary N) is 2. The van der Waals surface area contributed by atoms with Gasteiger partial charge >= 0.3 is 0 Å². The molecule has 1 saturated heterocycles. The number of ether oxygens (including phenoxy) is 2. The Morgan fingerprint density at radius 1 is 1.52 bits per heavy atom. The van der Waals surface area contributed by atoms with Gasteiger partial charge in [-0.15, -0.1) is 0 Å². The molecule has 0 aromatic heterocycles. The number of morpholine rings is 1. The summed E-state index contributed by atoms with van der Waals surface area (Å²) in [5.74, 6) is 0.795. The third-order valence-corrected chi connectivity index (χ3v) is 4.17. The smallest absolute Gasteiger partial charge is 0.239 e. The van der Waals surface area contributed by atoms with Crippen molar-refractivity contribution in [2.24, 2.45) is 0 Å². The molecule has 6 nitrogen and oxygen atoms in total. The van der Waals surface area contributed by atoms with E-state index in [-0.39, 0.29) is 24.1 Å². The van der Waals surface area contributed by atoms with E-state index >= 15 is 0 Å². The van der Waals surface area contributed by atoms with Gasteiger partial charge < -0.3 is 25.0 Å². The molecular weight excluding hydrogens is 294 g/mol. The summed E-state index contributed by atoms with van der Waals surface area (Å²) in [7, 11) is 5.66. The van der Waals surface area contributed by atoms with Crippen molar-refractivity contribution >= 4 is 5.91 Å². The molecule has 1 aliphatic rings. The van der Waals surface area contributed by atoms with Crippen LogP contribution in [0.25, 0.3) is 0 Å². The van der Waals surface area contributed by atoms with Crippen LogP contribution in [-0.2, 0) is 9.53 Å². The number of amides is 1. The van der Waals surface area contributed by atoms with Gasteiger partial charge in [-0.2, -0.15) is 0 Å². The first-order valence-electron chi connectivity index (χ1n) is 7.96. The largest absolute Gasteiger partial charge is 0.497 e. The van der Waals surface area contributed by atoms with E-state index in [1.807, 2.05) is 45.3 Å². The Balaban J connectivity index is 2.00. The lowest BCUT2D eigenvalue weighted by atomic mass is 10.0. The molecule has 1 aliphatic heterocycles. The van der Waals surface area contributed by atoms with Gasteiger partial charge in [0.2, 0.25) is 5.91 Å². The molecule has 6 heteroatoms. The number of rotatable bonds is 6. The molecule has 1 heterocycles. The molecule has 128 valence electrons. The van der Waals surface area contributed by atoms with Gasteiger partial charge in [-0.05, 0) is 38.7 Å². The number of benzene rings is 1. The van der Waals surface area contributed by atoms with Crippen LogP contribution in [0.5, 0.6) is 5.75 Å². The van der Waals surface area contributed by atoms with Crippen LogP contribution in [0.2, 0.25) is 0 Å². The first-order valence-corrected chi connectivity index (χ1v) is 7.96. The molecular formula is C17H27N3O3. The van der Waals surface area contributed by atoms with Gasteiger partial charge in [0.15, 0.2) is 0 Å². The zero-order chi connectivity index (χ0) is 16.8. The van der Waals surface area contributed by atoms with Crippen LogP contribution >= 0.6 is 0 Å². The van der Waals surface area contributed by atoms with Crippen molar-refractivity contribution in [1.29, 1.82) is 0 Å². The van der Waals surface area contributed by atoms with Crippen molar-refractivity contribution in [3.05, 3.63) is 29.8 Å². The fraction of sp³-hybridized carbons (Fsp3) is 0.588. The number of nitrogens with zero attached hydrogens (tertiary/aromatic N) is 1. The quantitative estimate of drug-likeness (QED) is 0.811. The second-order valence-corrected chi connectivity index (χ2v) is 6.01. The third kappa shape index (κ3) is 4.67. The number of hydrogen-bond acceptors (Lipinski definition) is 5. The summed E-state index contributed by atoms with van der Waals surface area (Å²) in [6.45, 7) is 3.80. The maximum absolute atomic E-state index is 12.4. The van der Waals surface area contributed by atoms with Crippen molar-refractivity contribution in [2.75, 3.05) is 40.9 Å². The minimum absolute atomic E-state index is 0.0213. The molecule has 23 heavy (non-hydrogen) atoms. The predicted octanol–water partition coefficient (Wildman–Crippen LogP) is 0.791. The molecule has 3 atom stereocenters. The number of likely N-dealkylation sites (N-methyl/N-ethyl adjacent to an activating group) is 1. The molecule has 2 N–H and O–H groups in total. The predicted molar refractivity (Wildman–Crippen MR) is 89.6 cm³/mol. The third-order valence-electron chi connectivity index (χ3n) is 4.17. The van der Waals surface area contributed by atoms with E-state index in [0.29, 0.717) is 19.7 Å². The lowest BCUT2D eigenvalue weighted by Gasteiger charge is -2.31. The van der Waals surface area contributed by atoms with Crippen LogP contribution in [0.3, 0.4) is 0 Å². The van der Waals surface area contributed by atoms with E-state index in [1.165, 1.54) is 0 Å². The van der Waals surface area contributed by atoms with Gasteiger partial charge in [0.05, 0.1) is 25.9 Å². The van der Waals surface area contributed by atoms with Crippen LogP contribution in [0.15, 0.2) is 24.3 Å². The Morgan fingerprint density at radius 2 is 2.30 bits per heavy atom. The first-order chi connectivity index (χ1) is 11.0. The van der Waals surface area contributed by atoms with Gasteiger partial charge in [0.1, 0.15) is 11.8 Å². The molecule has 0 aliphatic carbocycles. The zero-order valence-corrected chi connectivity index (χ0v) is 14.3. The second-order valence-electron chi connectivity index (χ2n) is 6.01. The number of hydrogen-bond donors (Lipinski definition) is 2. The maximum Gasteiger partial charge on any atom is 0.239 e. The Bertz CT molecular complexity index is 522. The molecule has 2 rings (SSSR count). The highest BCUT2D eigenvalue weighted by Crippen LogP contribution is 2.22. The molecule has 1 amide bonds. The van der Waals surface area contributed by atoms with E-state index in [2.05, 4.69) is 15.5 Å². The molecule has 0 bridgehead atoms. The Kier molecular flexibility index (Phi) is 6.38. The summed E-state index contributed by atoms with van der Waals surface area (Å²) in [5.41, 5.74) is 1.11. The van der Waals surface area contributed by atoms with Crippen molar-refractivity contribution in [3.63, 3.8) is 0 Å². The van der Waals surface area contributed by atoms with Gasteiger partial charge in [-0.25, -0.2) is 0 Å². The molecule has 0 saturated carbocycles. The lowest BCUT2D eigenvalue weighted by molar-refractivity contribution is -0.129. The average molecular weight is 321 g/mol. The van der Waals surface area contributed by atoms with Crippen molar-refractivity contribution in [1.82, 2.24) is 15.5 Å². The summed E-state index contributed by atoms with van der Waals surface area (Å²) in [5, 5.41) is 6.25. The van der Waals surface area contributed by atoms with Crippen LogP contribution in [0.1, 0.15) is 18.5 Å². The van der Waals surface area contributed by atoms with Crippen LogP contribution in [-0.4, -0.2) is 63.9 Å². The summed E-state index contributed by atoms with van der Waals surface area (Å²) in [4.78, 5) is 14.5. The van der Waals surface area contributed by atoms with Gasteiger partial charge in [0.25, 0.3) is 0 Å². The summed E-state index contributed by atoms with van der Waals surface area (Å²) in [6.07, 6.45) is -0.113. The molecule has 1 unspecified atom stereocenters.